The molecular formula is C15H13BrN2O3. The summed E-state index contributed by atoms with van der Waals surface area (Å²) in [7, 11) is 0. The molecule has 108 valence electrons. The topological polar surface area (TPSA) is 73.6 Å². The first-order valence-corrected chi connectivity index (χ1v) is 7.11. The molecule has 1 aliphatic rings. The summed E-state index contributed by atoms with van der Waals surface area (Å²) in [6.45, 7) is 2.04. The number of carbonyl (C=O) groups is 1. The monoisotopic (exact) mass is 348 g/mol. The van der Waals surface area contributed by atoms with Crippen LogP contribution in [0, 0.1) is 6.92 Å². The van der Waals surface area contributed by atoms with Crippen LogP contribution in [0.4, 0.5) is 11.4 Å². The first kappa shape index (κ1) is 13.8. The quantitative estimate of drug-likeness (QED) is 0.816. The molecule has 0 radical (unpaired) electrons. The summed E-state index contributed by atoms with van der Waals surface area (Å²) in [4.78, 5) is 12.4. The third-order valence-electron chi connectivity index (χ3n) is 3.31. The van der Waals surface area contributed by atoms with Gasteiger partial charge in [-0.05, 0) is 24.6 Å². The second-order valence-electron chi connectivity index (χ2n) is 4.66. The van der Waals surface area contributed by atoms with Crippen molar-refractivity contribution in [2.24, 2.45) is 0 Å². The molecule has 0 aromatic heterocycles. The number of carbonyl (C=O) groups excluding carboxylic acids is 1. The Bertz CT molecular complexity index is 731. The third-order valence-corrected chi connectivity index (χ3v) is 4.16. The average molecular weight is 349 g/mol. The highest BCUT2D eigenvalue weighted by Crippen LogP contribution is 2.38. The second-order valence-corrected chi connectivity index (χ2v) is 5.51. The van der Waals surface area contributed by atoms with E-state index in [1.54, 1.807) is 18.2 Å². The van der Waals surface area contributed by atoms with E-state index in [0.29, 0.717) is 28.4 Å². The molecule has 0 atom stereocenters. The van der Waals surface area contributed by atoms with Gasteiger partial charge in [-0.25, -0.2) is 0 Å². The van der Waals surface area contributed by atoms with Crippen LogP contribution in [0.1, 0.15) is 15.9 Å². The lowest BCUT2D eigenvalue weighted by Gasteiger charge is -2.11. The highest BCUT2D eigenvalue weighted by atomic mass is 79.9. The van der Waals surface area contributed by atoms with Gasteiger partial charge in [0.25, 0.3) is 5.91 Å². The van der Waals surface area contributed by atoms with E-state index in [0.717, 1.165) is 10.0 Å². The van der Waals surface area contributed by atoms with Crippen LogP contribution >= 0.6 is 15.9 Å². The maximum absolute atomic E-state index is 12.4. The minimum absolute atomic E-state index is 0.164. The number of benzene rings is 2. The Hall–Kier alpha value is -2.21. The van der Waals surface area contributed by atoms with E-state index >= 15 is 0 Å². The van der Waals surface area contributed by atoms with Crippen molar-refractivity contribution in [2.45, 2.75) is 6.92 Å². The number of nitrogens with two attached hydrogens (primary N) is 1. The van der Waals surface area contributed by atoms with Gasteiger partial charge in [-0.15, -0.1) is 0 Å². The molecule has 21 heavy (non-hydrogen) atoms. The van der Waals surface area contributed by atoms with Gasteiger partial charge in [0.15, 0.2) is 11.5 Å². The number of halogens is 1. The van der Waals surface area contributed by atoms with Crippen molar-refractivity contribution in [1.29, 1.82) is 0 Å². The molecule has 0 spiro atoms. The van der Waals surface area contributed by atoms with Gasteiger partial charge in [-0.1, -0.05) is 22.0 Å². The van der Waals surface area contributed by atoms with Crippen molar-refractivity contribution in [3.8, 4) is 11.5 Å². The maximum Gasteiger partial charge on any atom is 0.256 e. The van der Waals surface area contributed by atoms with E-state index < -0.39 is 0 Å². The fourth-order valence-corrected chi connectivity index (χ4v) is 2.48. The highest BCUT2D eigenvalue weighted by Gasteiger charge is 2.18. The van der Waals surface area contributed by atoms with E-state index in [2.05, 4.69) is 21.2 Å². The summed E-state index contributed by atoms with van der Waals surface area (Å²) in [6.07, 6.45) is 0. The van der Waals surface area contributed by atoms with Gasteiger partial charge in [0, 0.05) is 22.2 Å². The Morgan fingerprint density at radius 1 is 1.29 bits per heavy atom. The highest BCUT2D eigenvalue weighted by molar-refractivity contribution is 9.10. The molecule has 3 N–H and O–H groups in total. The number of rotatable bonds is 2. The summed E-state index contributed by atoms with van der Waals surface area (Å²) in [5.74, 6) is 0.939. The van der Waals surface area contributed by atoms with Gasteiger partial charge >= 0.3 is 0 Å². The summed E-state index contributed by atoms with van der Waals surface area (Å²) in [6, 6.07) is 8.78. The first-order chi connectivity index (χ1) is 10.1. The predicted octanol–water partition coefficient (Wildman–Crippen LogP) is 3.32. The molecule has 0 saturated carbocycles. The average Bonchev–Trinajstić information content (AvgIpc) is 2.89. The van der Waals surface area contributed by atoms with Crippen molar-refractivity contribution >= 4 is 33.2 Å². The fourth-order valence-electron chi connectivity index (χ4n) is 2.11. The normalized spacial score (nSPS) is 12.3. The van der Waals surface area contributed by atoms with Crippen molar-refractivity contribution < 1.29 is 14.3 Å². The van der Waals surface area contributed by atoms with Crippen LogP contribution in [-0.2, 0) is 0 Å². The smallest absolute Gasteiger partial charge is 0.256 e. The van der Waals surface area contributed by atoms with Crippen LogP contribution in [0.5, 0.6) is 11.5 Å². The lowest BCUT2D eigenvalue weighted by atomic mass is 10.1. The molecular weight excluding hydrogens is 336 g/mol. The van der Waals surface area contributed by atoms with Crippen LogP contribution < -0.4 is 20.5 Å². The van der Waals surface area contributed by atoms with Crippen molar-refractivity contribution in [2.75, 3.05) is 17.8 Å². The number of hydrogen-bond donors (Lipinski definition) is 2. The molecule has 1 heterocycles. The van der Waals surface area contributed by atoms with Crippen LogP contribution in [0.25, 0.3) is 0 Å². The van der Waals surface area contributed by atoms with Crippen LogP contribution in [0.15, 0.2) is 34.8 Å². The van der Waals surface area contributed by atoms with Gasteiger partial charge in [0.1, 0.15) is 0 Å². The summed E-state index contributed by atoms with van der Waals surface area (Å²) in [5.41, 5.74) is 8.32. The molecule has 5 nitrogen and oxygen atoms in total. The van der Waals surface area contributed by atoms with E-state index in [1.165, 1.54) is 0 Å². The number of anilines is 2. The Labute approximate surface area is 130 Å². The molecule has 1 amide bonds. The second kappa shape index (κ2) is 5.29. The van der Waals surface area contributed by atoms with Crippen LogP contribution in [0.2, 0.25) is 0 Å². The number of nitrogens with one attached hydrogen (secondary N) is 1. The minimum Gasteiger partial charge on any atom is -0.454 e. The van der Waals surface area contributed by atoms with E-state index in [9.17, 15) is 4.79 Å². The predicted molar refractivity (Wildman–Crippen MR) is 83.8 cm³/mol. The summed E-state index contributed by atoms with van der Waals surface area (Å²) < 4.78 is 11.4. The number of fused-ring (bicyclic) bond motifs is 1. The molecule has 0 unspecified atom stereocenters. The Kier molecular flexibility index (Phi) is 3.47. The zero-order valence-electron chi connectivity index (χ0n) is 11.3. The number of ether oxygens (including phenoxy) is 2. The lowest BCUT2D eigenvalue weighted by molar-refractivity contribution is 0.102. The zero-order valence-corrected chi connectivity index (χ0v) is 12.9. The van der Waals surface area contributed by atoms with Crippen molar-refractivity contribution in [3.05, 3.63) is 45.9 Å². The van der Waals surface area contributed by atoms with Crippen LogP contribution in [-0.4, -0.2) is 12.7 Å². The standard InChI is InChI=1S/C15H13BrN2O3/c1-8-9(3-2-4-10(8)16)15(19)18-12-6-14-13(5-11(12)17)20-7-21-14/h2-6H,7,17H2,1H3,(H,18,19). The Balaban J connectivity index is 1.90. The Morgan fingerprint density at radius 2 is 2.00 bits per heavy atom. The summed E-state index contributed by atoms with van der Waals surface area (Å²) >= 11 is 3.41. The number of hydrogen-bond acceptors (Lipinski definition) is 4. The first-order valence-electron chi connectivity index (χ1n) is 6.32. The fraction of sp³-hybridized carbons (Fsp3) is 0.133. The van der Waals surface area contributed by atoms with Gasteiger partial charge in [-0.2, -0.15) is 0 Å². The minimum atomic E-state index is -0.223. The van der Waals surface area contributed by atoms with E-state index in [4.69, 9.17) is 15.2 Å². The molecule has 6 heteroatoms. The van der Waals surface area contributed by atoms with Gasteiger partial charge in [-0.3, -0.25) is 4.79 Å². The molecule has 0 fully saturated rings. The van der Waals surface area contributed by atoms with Crippen molar-refractivity contribution in [3.63, 3.8) is 0 Å². The summed E-state index contributed by atoms with van der Waals surface area (Å²) in [5, 5.41) is 2.80. The maximum atomic E-state index is 12.4. The van der Waals surface area contributed by atoms with Gasteiger partial charge < -0.3 is 20.5 Å². The zero-order chi connectivity index (χ0) is 15.0. The van der Waals surface area contributed by atoms with Gasteiger partial charge in [0.2, 0.25) is 6.79 Å². The molecule has 0 aliphatic carbocycles. The third kappa shape index (κ3) is 2.54. The molecule has 0 saturated heterocycles. The lowest BCUT2D eigenvalue weighted by Crippen LogP contribution is -2.14. The van der Waals surface area contributed by atoms with E-state index in [1.807, 2.05) is 19.1 Å². The van der Waals surface area contributed by atoms with Gasteiger partial charge in [0.05, 0.1) is 11.4 Å². The van der Waals surface area contributed by atoms with Crippen LogP contribution in [0.3, 0.4) is 0 Å². The molecule has 2 aromatic carbocycles. The van der Waals surface area contributed by atoms with E-state index in [-0.39, 0.29) is 12.7 Å². The molecule has 1 aliphatic heterocycles. The molecule has 2 aromatic rings. The number of amides is 1. The van der Waals surface area contributed by atoms with Crippen molar-refractivity contribution in [1.82, 2.24) is 0 Å². The largest absolute Gasteiger partial charge is 0.454 e. The SMILES string of the molecule is Cc1c(Br)cccc1C(=O)Nc1cc2c(cc1N)OCO2. The molecule has 3 rings (SSSR count). The number of nitrogen functional groups attached to an aromatic ring is 1. The Morgan fingerprint density at radius 3 is 2.76 bits per heavy atom. The molecule has 0 bridgehead atoms.